The second-order valence-electron chi connectivity index (χ2n) is 4.43. The zero-order valence-electron chi connectivity index (χ0n) is 11.8. The Bertz CT molecular complexity index is 556. The van der Waals surface area contributed by atoms with Gasteiger partial charge in [-0.1, -0.05) is 25.5 Å². The Morgan fingerprint density at radius 2 is 1.90 bits per heavy atom. The van der Waals surface area contributed by atoms with E-state index in [0.29, 0.717) is 18.3 Å². The van der Waals surface area contributed by atoms with Crippen molar-refractivity contribution in [1.29, 1.82) is 0 Å². The molecule has 1 heterocycles. The standard InChI is InChI=1S/C15H19N3O2/c1-3-4-13-14(16)17-10-18-15(13)20-9-11-5-7-12(19-2)8-6-11/h5-8,10H,3-4,9H2,1-2H3,(H2,16,17,18). The Kier molecular flexibility index (Phi) is 4.76. The summed E-state index contributed by atoms with van der Waals surface area (Å²) in [5.41, 5.74) is 7.79. The highest BCUT2D eigenvalue weighted by Gasteiger charge is 2.09. The summed E-state index contributed by atoms with van der Waals surface area (Å²) in [5.74, 6) is 1.88. The van der Waals surface area contributed by atoms with Crippen LogP contribution < -0.4 is 15.2 Å². The van der Waals surface area contributed by atoms with Crippen LogP contribution in [0.4, 0.5) is 5.82 Å². The van der Waals surface area contributed by atoms with Crippen molar-refractivity contribution in [3.05, 3.63) is 41.7 Å². The largest absolute Gasteiger partial charge is 0.497 e. The van der Waals surface area contributed by atoms with Gasteiger partial charge in [-0.25, -0.2) is 9.97 Å². The van der Waals surface area contributed by atoms with Crippen molar-refractivity contribution < 1.29 is 9.47 Å². The van der Waals surface area contributed by atoms with Gasteiger partial charge >= 0.3 is 0 Å². The average molecular weight is 273 g/mol. The highest BCUT2D eigenvalue weighted by molar-refractivity contribution is 5.44. The third kappa shape index (κ3) is 3.38. The van der Waals surface area contributed by atoms with Gasteiger partial charge in [-0.3, -0.25) is 0 Å². The van der Waals surface area contributed by atoms with E-state index < -0.39 is 0 Å². The van der Waals surface area contributed by atoms with E-state index >= 15 is 0 Å². The fourth-order valence-electron chi connectivity index (χ4n) is 1.89. The highest BCUT2D eigenvalue weighted by atomic mass is 16.5. The molecule has 0 aliphatic carbocycles. The quantitative estimate of drug-likeness (QED) is 0.876. The first kappa shape index (κ1) is 14.1. The Morgan fingerprint density at radius 3 is 2.55 bits per heavy atom. The zero-order chi connectivity index (χ0) is 14.4. The highest BCUT2D eigenvalue weighted by Crippen LogP contribution is 2.22. The van der Waals surface area contributed by atoms with Gasteiger partial charge in [0.05, 0.1) is 12.7 Å². The monoisotopic (exact) mass is 273 g/mol. The summed E-state index contributed by atoms with van der Waals surface area (Å²) in [7, 11) is 1.65. The van der Waals surface area contributed by atoms with Crippen LogP contribution in [-0.2, 0) is 13.0 Å². The molecule has 0 spiro atoms. The Morgan fingerprint density at radius 1 is 1.15 bits per heavy atom. The fraction of sp³-hybridized carbons (Fsp3) is 0.333. The lowest BCUT2D eigenvalue weighted by Gasteiger charge is -2.11. The lowest BCUT2D eigenvalue weighted by molar-refractivity contribution is 0.289. The van der Waals surface area contributed by atoms with Gasteiger partial charge in [0, 0.05) is 0 Å². The number of methoxy groups -OCH3 is 1. The van der Waals surface area contributed by atoms with Gasteiger partial charge in [-0.05, 0) is 24.1 Å². The topological polar surface area (TPSA) is 70.3 Å². The molecule has 106 valence electrons. The van der Waals surface area contributed by atoms with Crippen LogP contribution in [0, 0.1) is 0 Å². The molecule has 0 unspecified atom stereocenters. The summed E-state index contributed by atoms with van der Waals surface area (Å²) in [6.07, 6.45) is 3.21. The number of nitrogen functional groups attached to an aromatic ring is 1. The Labute approximate surface area is 118 Å². The molecular formula is C15H19N3O2. The normalized spacial score (nSPS) is 10.3. The minimum absolute atomic E-state index is 0.442. The van der Waals surface area contributed by atoms with Crippen LogP contribution in [0.3, 0.4) is 0 Å². The van der Waals surface area contributed by atoms with E-state index in [0.717, 1.165) is 29.7 Å². The van der Waals surface area contributed by atoms with Gasteiger partial charge in [-0.15, -0.1) is 0 Å². The van der Waals surface area contributed by atoms with E-state index in [9.17, 15) is 0 Å². The maximum Gasteiger partial charge on any atom is 0.222 e. The molecule has 5 nitrogen and oxygen atoms in total. The number of hydrogen-bond donors (Lipinski definition) is 1. The molecular weight excluding hydrogens is 254 g/mol. The van der Waals surface area contributed by atoms with Gasteiger partial charge in [0.15, 0.2) is 0 Å². The maximum absolute atomic E-state index is 5.87. The van der Waals surface area contributed by atoms with Crippen molar-refractivity contribution in [3.8, 4) is 11.6 Å². The molecule has 2 rings (SSSR count). The first-order valence-corrected chi connectivity index (χ1v) is 6.59. The van der Waals surface area contributed by atoms with Crippen molar-refractivity contribution in [3.63, 3.8) is 0 Å². The van der Waals surface area contributed by atoms with E-state index in [2.05, 4.69) is 16.9 Å². The van der Waals surface area contributed by atoms with Crippen LogP contribution >= 0.6 is 0 Å². The summed E-state index contributed by atoms with van der Waals surface area (Å²) in [5, 5.41) is 0. The number of anilines is 1. The summed E-state index contributed by atoms with van der Waals surface area (Å²) in [6, 6.07) is 7.73. The van der Waals surface area contributed by atoms with Crippen molar-refractivity contribution in [2.24, 2.45) is 0 Å². The molecule has 2 aromatic rings. The molecule has 1 aromatic heterocycles. The molecule has 1 aromatic carbocycles. The van der Waals surface area contributed by atoms with Crippen LogP contribution in [0.2, 0.25) is 0 Å². The van der Waals surface area contributed by atoms with Gasteiger partial charge in [-0.2, -0.15) is 0 Å². The molecule has 0 atom stereocenters. The second-order valence-corrected chi connectivity index (χ2v) is 4.43. The van der Waals surface area contributed by atoms with E-state index in [4.69, 9.17) is 15.2 Å². The van der Waals surface area contributed by atoms with Gasteiger partial charge in [0.2, 0.25) is 5.88 Å². The first-order chi connectivity index (χ1) is 9.74. The molecule has 0 fully saturated rings. The number of nitrogens with zero attached hydrogens (tertiary/aromatic N) is 2. The molecule has 0 saturated heterocycles. The van der Waals surface area contributed by atoms with Gasteiger partial charge < -0.3 is 15.2 Å². The van der Waals surface area contributed by atoms with E-state index in [1.807, 2.05) is 24.3 Å². The maximum atomic E-state index is 5.87. The van der Waals surface area contributed by atoms with E-state index in [1.165, 1.54) is 6.33 Å². The molecule has 0 aliphatic heterocycles. The van der Waals surface area contributed by atoms with Crippen molar-refractivity contribution >= 4 is 5.82 Å². The molecule has 0 aliphatic rings. The smallest absolute Gasteiger partial charge is 0.222 e. The van der Waals surface area contributed by atoms with Crippen molar-refractivity contribution in [2.45, 2.75) is 26.4 Å². The Hall–Kier alpha value is -2.30. The Balaban J connectivity index is 2.08. The van der Waals surface area contributed by atoms with Crippen molar-refractivity contribution in [2.75, 3.05) is 12.8 Å². The van der Waals surface area contributed by atoms with E-state index in [-0.39, 0.29) is 0 Å². The lowest BCUT2D eigenvalue weighted by atomic mass is 10.2. The SMILES string of the molecule is CCCc1c(N)ncnc1OCc1ccc(OC)cc1. The van der Waals surface area contributed by atoms with Gasteiger partial charge in [0.1, 0.15) is 24.5 Å². The summed E-state index contributed by atoms with van der Waals surface area (Å²) >= 11 is 0. The van der Waals surface area contributed by atoms with Crippen LogP contribution in [0.15, 0.2) is 30.6 Å². The second kappa shape index (κ2) is 6.75. The summed E-state index contributed by atoms with van der Waals surface area (Å²) in [4.78, 5) is 8.18. The summed E-state index contributed by atoms with van der Waals surface area (Å²) in [6.45, 7) is 2.52. The molecule has 0 saturated carbocycles. The number of nitrogens with two attached hydrogens (primary N) is 1. The molecule has 0 bridgehead atoms. The average Bonchev–Trinajstić information content (AvgIpc) is 2.48. The fourth-order valence-corrected chi connectivity index (χ4v) is 1.89. The number of benzene rings is 1. The molecule has 2 N–H and O–H groups in total. The third-order valence-corrected chi connectivity index (χ3v) is 2.97. The van der Waals surface area contributed by atoms with Crippen LogP contribution in [-0.4, -0.2) is 17.1 Å². The predicted octanol–water partition coefficient (Wildman–Crippen LogP) is 2.60. The molecule has 20 heavy (non-hydrogen) atoms. The molecule has 0 radical (unpaired) electrons. The number of rotatable bonds is 6. The van der Waals surface area contributed by atoms with Crippen LogP contribution in [0.1, 0.15) is 24.5 Å². The zero-order valence-corrected chi connectivity index (χ0v) is 11.8. The molecule has 5 heteroatoms. The third-order valence-electron chi connectivity index (χ3n) is 2.97. The van der Waals surface area contributed by atoms with E-state index in [1.54, 1.807) is 7.11 Å². The first-order valence-electron chi connectivity index (χ1n) is 6.59. The molecule has 0 amide bonds. The number of hydrogen-bond acceptors (Lipinski definition) is 5. The van der Waals surface area contributed by atoms with Crippen molar-refractivity contribution in [1.82, 2.24) is 9.97 Å². The predicted molar refractivity (Wildman–Crippen MR) is 77.8 cm³/mol. The minimum atomic E-state index is 0.442. The number of aromatic nitrogens is 2. The van der Waals surface area contributed by atoms with Crippen LogP contribution in [0.5, 0.6) is 11.6 Å². The lowest BCUT2D eigenvalue weighted by Crippen LogP contribution is -2.05. The summed E-state index contributed by atoms with van der Waals surface area (Å²) < 4.78 is 10.9. The minimum Gasteiger partial charge on any atom is -0.497 e. The number of ether oxygens (including phenoxy) is 2. The van der Waals surface area contributed by atoms with Crippen LogP contribution in [0.25, 0.3) is 0 Å². The van der Waals surface area contributed by atoms with Gasteiger partial charge in [0.25, 0.3) is 0 Å².